The third-order valence-corrected chi connectivity index (χ3v) is 3.21. The number of benzene rings is 1. The molecule has 0 aliphatic heterocycles. The minimum absolute atomic E-state index is 0.0549. The highest BCUT2D eigenvalue weighted by Crippen LogP contribution is 2.31. The van der Waals surface area contributed by atoms with Crippen molar-refractivity contribution in [3.8, 4) is 5.75 Å². The maximum Gasteiger partial charge on any atom is 0.258 e. The van der Waals surface area contributed by atoms with Crippen LogP contribution in [0.25, 0.3) is 0 Å². The zero-order valence-corrected chi connectivity index (χ0v) is 9.99. The highest BCUT2D eigenvalue weighted by atomic mass is 19.1. The van der Waals surface area contributed by atoms with Crippen molar-refractivity contribution >= 4 is 5.91 Å². The molecule has 1 fully saturated rings. The van der Waals surface area contributed by atoms with Crippen LogP contribution < -0.4 is 10.1 Å². The minimum Gasteiger partial charge on any atom is -0.481 e. The van der Waals surface area contributed by atoms with Gasteiger partial charge in [-0.2, -0.15) is 0 Å². The van der Waals surface area contributed by atoms with Gasteiger partial charge in [0.15, 0.2) is 18.2 Å². The number of rotatable bonds is 5. The molecule has 18 heavy (non-hydrogen) atoms. The number of ether oxygens (including phenoxy) is 1. The molecule has 0 aromatic heterocycles. The van der Waals surface area contributed by atoms with E-state index >= 15 is 0 Å². The molecule has 98 valence electrons. The lowest BCUT2D eigenvalue weighted by Gasteiger charge is -2.40. The Kier molecular flexibility index (Phi) is 3.81. The fourth-order valence-corrected chi connectivity index (χ4v) is 1.96. The quantitative estimate of drug-likeness (QED) is 0.830. The molecule has 1 saturated carbocycles. The second kappa shape index (κ2) is 5.35. The van der Waals surface area contributed by atoms with Crippen LogP contribution >= 0.6 is 0 Å². The number of hydrogen-bond donors (Lipinski definition) is 2. The van der Waals surface area contributed by atoms with Gasteiger partial charge in [-0.05, 0) is 31.4 Å². The van der Waals surface area contributed by atoms with Gasteiger partial charge in [0.1, 0.15) is 0 Å². The molecule has 4 nitrogen and oxygen atoms in total. The first-order chi connectivity index (χ1) is 8.65. The number of nitrogens with one attached hydrogen (secondary N) is 1. The van der Waals surface area contributed by atoms with Crippen molar-refractivity contribution in [1.29, 1.82) is 0 Å². The second-order valence-corrected chi connectivity index (χ2v) is 4.56. The number of aliphatic hydroxyl groups excluding tert-OH is 1. The van der Waals surface area contributed by atoms with Gasteiger partial charge < -0.3 is 15.2 Å². The van der Waals surface area contributed by atoms with E-state index in [2.05, 4.69) is 5.32 Å². The molecule has 1 amide bonds. The Morgan fingerprint density at radius 3 is 2.72 bits per heavy atom. The van der Waals surface area contributed by atoms with Crippen molar-refractivity contribution in [2.75, 3.05) is 13.2 Å². The Balaban J connectivity index is 1.83. The summed E-state index contributed by atoms with van der Waals surface area (Å²) < 4.78 is 18.3. The van der Waals surface area contributed by atoms with E-state index in [9.17, 15) is 14.3 Å². The predicted octanol–water partition coefficient (Wildman–Crippen LogP) is 1.24. The van der Waals surface area contributed by atoms with E-state index in [0.29, 0.717) is 0 Å². The summed E-state index contributed by atoms with van der Waals surface area (Å²) in [5, 5.41) is 11.9. The summed E-state index contributed by atoms with van der Waals surface area (Å²) in [4.78, 5) is 11.6. The van der Waals surface area contributed by atoms with Gasteiger partial charge in [-0.3, -0.25) is 4.79 Å². The van der Waals surface area contributed by atoms with Gasteiger partial charge >= 0.3 is 0 Å². The average molecular weight is 253 g/mol. The molecule has 0 spiro atoms. The molecule has 1 aromatic carbocycles. The van der Waals surface area contributed by atoms with Crippen LogP contribution in [0.4, 0.5) is 4.39 Å². The summed E-state index contributed by atoms with van der Waals surface area (Å²) in [7, 11) is 0. The lowest BCUT2D eigenvalue weighted by atomic mass is 9.77. The Labute approximate surface area is 105 Å². The van der Waals surface area contributed by atoms with E-state index in [1.807, 2.05) is 0 Å². The molecule has 0 saturated heterocycles. The molecule has 2 rings (SSSR count). The predicted molar refractivity (Wildman–Crippen MR) is 63.7 cm³/mol. The van der Waals surface area contributed by atoms with Crippen LogP contribution in [0, 0.1) is 5.82 Å². The van der Waals surface area contributed by atoms with Crippen molar-refractivity contribution < 1.29 is 19.0 Å². The molecule has 1 aliphatic rings. The van der Waals surface area contributed by atoms with E-state index in [1.165, 1.54) is 12.1 Å². The normalized spacial score (nSPS) is 16.8. The molecule has 0 radical (unpaired) electrons. The smallest absolute Gasteiger partial charge is 0.258 e. The topological polar surface area (TPSA) is 58.6 Å². The van der Waals surface area contributed by atoms with Gasteiger partial charge in [-0.1, -0.05) is 12.1 Å². The van der Waals surface area contributed by atoms with Gasteiger partial charge in [0.2, 0.25) is 0 Å². The fraction of sp³-hybridized carbons (Fsp3) is 0.462. The third kappa shape index (κ3) is 2.79. The summed E-state index contributed by atoms with van der Waals surface area (Å²) >= 11 is 0. The second-order valence-electron chi connectivity index (χ2n) is 4.56. The van der Waals surface area contributed by atoms with E-state index in [0.717, 1.165) is 19.3 Å². The molecule has 5 heteroatoms. The van der Waals surface area contributed by atoms with Gasteiger partial charge in [0, 0.05) is 0 Å². The minimum atomic E-state index is -0.495. The summed E-state index contributed by atoms with van der Waals surface area (Å²) in [5.74, 6) is -0.780. The van der Waals surface area contributed by atoms with Crippen LogP contribution in [0.2, 0.25) is 0 Å². The highest BCUT2D eigenvalue weighted by Gasteiger charge is 2.37. The Bertz CT molecular complexity index is 426. The molecular weight excluding hydrogens is 237 g/mol. The fourth-order valence-electron chi connectivity index (χ4n) is 1.96. The van der Waals surface area contributed by atoms with Gasteiger partial charge in [-0.15, -0.1) is 0 Å². The number of para-hydroxylation sites is 1. The number of hydrogen-bond acceptors (Lipinski definition) is 3. The van der Waals surface area contributed by atoms with Crippen molar-refractivity contribution in [3.63, 3.8) is 0 Å². The molecular formula is C13H16FNO3. The van der Waals surface area contributed by atoms with Crippen LogP contribution in [0.5, 0.6) is 5.75 Å². The van der Waals surface area contributed by atoms with E-state index in [1.54, 1.807) is 12.1 Å². The molecule has 0 bridgehead atoms. The lowest BCUT2D eigenvalue weighted by molar-refractivity contribution is -0.127. The van der Waals surface area contributed by atoms with Crippen LogP contribution in [-0.4, -0.2) is 29.8 Å². The van der Waals surface area contributed by atoms with E-state index in [4.69, 9.17) is 4.74 Å². The standard InChI is InChI=1S/C13H16FNO3/c14-10-4-1-2-5-11(10)18-8-12(17)15-13(9-16)6-3-7-13/h1-2,4-5,16H,3,6-9H2,(H,15,17). The van der Waals surface area contributed by atoms with Crippen molar-refractivity contribution in [2.24, 2.45) is 0 Å². The van der Waals surface area contributed by atoms with Gasteiger partial charge in [0.25, 0.3) is 5.91 Å². The molecule has 0 atom stereocenters. The molecule has 0 heterocycles. The van der Waals surface area contributed by atoms with E-state index < -0.39 is 11.4 Å². The van der Waals surface area contributed by atoms with Crippen LogP contribution in [0.15, 0.2) is 24.3 Å². The molecule has 2 N–H and O–H groups in total. The Hall–Kier alpha value is -1.62. The Morgan fingerprint density at radius 2 is 2.17 bits per heavy atom. The zero-order chi connectivity index (χ0) is 13.0. The summed E-state index contributed by atoms with van der Waals surface area (Å²) in [6.45, 7) is -0.318. The van der Waals surface area contributed by atoms with Crippen molar-refractivity contribution in [1.82, 2.24) is 5.32 Å². The maximum atomic E-state index is 13.2. The lowest BCUT2D eigenvalue weighted by Crippen LogP contribution is -2.57. The van der Waals surface area contributed by atoms with Crippen molar-refractivity contribution in [3.05, 3.63) is 30.1 Å². The average Bonchev–Trinajstić information content (AvgIpc) is 2.33. The highest BCUT2D eigenvalue weighted by molar-refractivity contribution is 5.78. The zero-order valence-electron chi connectivity index (χ0n) is 9.99. The SMILES string of the molecule is O=C(COc1ccccc1F)NC1(CO)CCC1. The van der Waals surface area contributed by atoms with Crippen molar-refractivity contribution in [2.45, 2.75) is 24.8 Å². The number of carbonyl (C=O) groups is 1. The van der Waals surface area contributed by atoms with Gasteiger partial charge in [0.05, 0.1) is 12.1 Å². The van der Waals surface area contributed by atoms with Gasteiger partial charge in [-0.25, -0.2) is 4.39 Å². The largest absolute Gasteiger partial charge is 0.481 e. The summed E-state index contributed by atoms with van der Waals surface area (Å²) in [6.07, 6.45) is 2.54. The maximum absolute atomic E-state index is 13.2. The van der Waals surface area contributed by atoms with Crippen LogP contribution in [-0.2, 0) is 4.79 Å². The summed E-state index contributed by atoms with van der Waals surface area (Å²) in [6, 6.07) is 5.93. The van der Waals surface area contributed by atoms with E-state index in [-0.39, 0.29) is 24.9 Å². The molecule has 0 unspecified atom stereocenters. The first-order valence-corrected chi connectivity index (χ1v) is 5.94. The summed E-state index contributed by atoms with van der Waals surface area (Å²) in [5.41, 5.74) is -0.490. The number of halogens is 1. The number of aliphatic hydroxyl groups is 1. The van der Waals surface area contributed by atoms with Crippen LogP contribution in [0.1, 0.15) is 19.3 Å². The first-order valence-electron chi connectivity index (χ1n) is 5.94. The Morgan fingerprint density at radius 1 is 1.44 bits per heavy atom. The molecule has 1 aliphatic carbocycles. The number of carbonyl (C=O) groups excluding carboxylic acids is 1. The number of amides is 1. The first kappa shape index (κ1) is 12.8. The monoisotopic (exact) mass is 253 g/mol. The molecule has 1 aromatic rings. The van der Waals surface area contributed by atoms with Crippen LogP contribution in [0.3, 0.4) is 0 Å². The third-order valence-electron chi connectivity index (χ3n) is 3.21.